The molecule has 0 aromatic carbocycles. The van der Waals surface area contributed by atoms with Crippen molar-refractivity contribution in [3.8, 4) is 0 Å². The molecular weight excluding hydrogens is 328 g/mol. The monoisotopic (exact) mass is 366 g/mol. The molecule has 0 saturated carbocycles. The van der Waals surface area contributed by atoms with Crippen molar-refractivity contribution in [1.29, 1.82) is 0 Å². The molecule has 3 rings (SSSR count). The van der Waals surface area contributed by atoms with Gasteiger partial charge in [-0.3, -0.25) is 4.99 Å². The first-order valence-corrected chi connectivity index (χ1v) is 10.6. The van der Waals surface area contributed by atoms with Crippen molar-refractivity contribution in [3.05, 3.63) is 0 Å². The van der Waals surface area contributed by atoms with E-state index < -0.39 is 0 Å². The molecule has 0 aliphatic carbocycles. The molecule has 0 amide bonds. The lowest BCUT2D eigenvalue weighted by Crippen LogP contribution is -2.49. The molecule has 2 unspecified atom stereocenters. The number of aliphatic imine (C=N–C) groups is 1. The first kappa shape index (κ1) is 19.9. The fourth-order valence-corrected chi connectivity index (χ4v) is 4.42. The van der Waals surface area contributed by atoms with Crippen LogP contribution in [0.5, 0.6) is 0 Å². The van der Waals surface area contributed by atoms with Crippen LogP contribution in [0.2, 0.25) is 0 Å². The summed E-state index contributed by atoms with van der Waals surface area (Å²) < 4.78 is 11.9. The summed E-state index contributed by atoms with van der Waals surface area (Å²) >= 11 is 0. The minimum Gasteiger partial charge on any atom is -0.376 e. The van der Waals surface area contributed by atoms with Crippen LogP contribution in [0, 0.1) is 5.92 Å². The van der Waals surface area contributed by atoms with Crippen LogP contribution in [-0.2, 0) is 9.47 Å². The quantitative estimate of drug-likeness (QED) is 0.595. The Kier molecular flexibility index (Phi) is 8.02. The van der Waals surface area contributed by atoms with Gasteiger partial charge in [-0.15, -0.1) is 0 Å². The second-order valence-corrected chi connectivity index (χ2v) is 8.21. The molecule has 26 heavy (non-hydrogen) atoms. The lowest BCUT2D eigenvalue weighted by molar-refractivity contribution is -0.0721. The van der Waals surface area contributed by atoms with Crippen LogP contribution in [0.25, 0.3) is 0 Å². The molecule has 6 heteroatoms. The summed E-state index contributed by atoms with van der Waals surface area (Å²) in [6.07, 6.45) is 9.16. The second kappa shape index (κ2) is 10.5. The number of piperidine rings is 2. The minimum atomic E-state index is 0.324. The molecule has 150 valence electrons. The van der Waals surface area contributed by atoms with Gasteiger partial charge in [-0.2, -0.15) is 0 Å². The van der Waals surface area contributed by atoms with Crippen molar-refractivity contribution in [2.45, 2.75) is 57.2 Å². The molecule has 0 aromatic heterocycles. The molecule has 0 bridgehead atoms. The van der Waals surface area contributed by atoms with E-state index in [0.29, 0.717) is 12.2 Å². The summed E-state index contributed by atoms with van der Waals surface area (Å²) in [4.78, 5) is 9.35. The maximum atomic E-state index is 6.13. The lowest BCUT2D eigenvalue weighted by Gasteiger charge is -2.36. The highest BCUT2D eigenvalue weighted by Crippen LogP contribution is 2.18. The van der Waals surface area contributed by atoms with E-state index >= 15 is 0 Å². The average Bonchev–Trinajstić information content (AvgIpc) is 2.69. The molecular formula is C20H38N4O2. The van der Waals surface area contributed by atoms with Crippen LogP contribution in [0.4, 0.5) is 0 Å². The number of nitrogens with one attached hydrogen (secondary N) is 1. The Hall–Kier alpha value is -0.850. The fourth-order valence-electron chi connectivity index (χ4n) is 4.42. The van der Waals surface area contributed by atoms with Crippen molar-refractivity contribution in [2.75, 3.05) is 60.0 Å². The van der Waals surface area contributed by atoms with Gasteiger partial charge >= 0.3 is 0 Å². The highest BCUT2D eigenvalue weighted by atomic mass is 16.5. The summed E-state index contributed by atoms with van der Waals surface area (Å²) in [6, 6.07) is 0. The van der Waals surface area contributed by atoms with E-state index in [1.165, 1.54) is 38.8 Å². The van der Waals surface area contributed by atoms with Gasteiger partial charge in [-0.1, -0.05) is 0 Å². The zero-order valence-electron chi connectivity index (χ0n) is 16.8. The van der Waals surface area contributed by atoms with Gasteiger partial charge in [0.25, 0.3) is 0 Å². The third-order valence-corrected chi connectivity index (χ3v) is 6.02. The van der Waals surface area contributed by atoms with Gasteiger partial charge in [0.15, 0.2) is 5.96 Å². The van der Waals surface area contributed by atoms with Crippen molar-refractivity contribution in [3.63, 3.8) is 0 Å². The van der Waals surface area contributed by atoms with Gasteiger partial charge in [0, 0.05) is 39.8 Å². The first-order valence-electron chi connectivity index (χ1n) is 10.6. The third kappa shape index (κ3) is 6.10. The van der Waals surface area contributed by atoms with Gasteiger partial charge in [0.1, 0.15) is 0 Å². The topological polar surface area (TPSA) is 49.3 Å². The van der Waals surface area contributed by atoms with Gasteiger partial charge in [0.2, 0.25) is 0 Å². The highest BCUT2D eigenvalue weighted by Gasteiger charge is 2.24. The fraction of sp³-hybridized carbons (Fsp3) is 0.950. The molecule has 3 saturated heterocycles. The summed E-state index contributed by atoms with van der Waals surface area (Å²) in [5, 5.41) is 3.62. The Labute approximate surface area is 159 Å². The highest BCUT2D eigenvalue weighted by molar-refractivity contribution is 5.79. The number of hydrogen-bond donors (Lipinski definition) is 1. The number of likely N-dealkylation sites (tertiary alicyclic amines) is 2. The third-order valence-electron chi connectivity index (χ3n) is 6.02. The molecule has 3 heterocycles. The van der Waals surface area contributed by atoms with Crippen LogP contribution >= 0.6 is 0 Å². The van der Waals surface area contributed by atoms with E-state index in [9.17, 15) is 0 Å². The Morgan fingerprint density at radius 3 is 2.65 bits per heavy atom. The van der Waals surface area contributed by atoms with Crippen LogP contribution in [0.1, 0.15) is 44.9 Å². The van der Waals surface area contributed by atoms with Crippen molar-refractivity contribution >= 4 is 5.96 Å². The van der Waals surface area contributed by atoms with Crippen LogP contribution < -0.4 is 5.32 Å². The van der Waals surface area contributed by atoms with E-state index in [-0.39, 0.29) is 0 Å². The predicted molar refractivity (Wildman–Crippen MR) is 106 cm³/mol. The maximum absolute atomic E-state index is 6.13. The zero-order valence-corrected chi connectivity index (χ0v) is 16.8. The standard InChI is InChI=1S/C20H38N4O2/c1-21-20(22-14-17-6-5-10-23(2)15-17)24-11-8-18(9-12-24)26-16-19-7-3-4-13-25-19/h17-19H,3-16H2,1-2H3,(H,21,22). The Morgan fingerprint density at radius 1 is 1.12 bits per heavy atom. The zero-order chi connectivity index (χ0) is 18.2. The average molecular weight is 367 g/mol. The van der Waals surface area contributed by atoms with Crippen molar-refractivity contribution < 1.29 is 9.47 Å². The minimum absolute atomic E-state index is 0.324. The normalized spacial score (nSPS) is 29.8. The number of guanidine groups is 1. The van der Waals surface area contributed by atoms with Crippen LogP contribution in [-0.4, -0.2) is 88.0 Å². The number of hydrogen-bond acceptors (Lipinski definition) is 4. The largest absolute Gasteiger partial charge is 0.376 e. The lowest BCUT2D eigenvalue weighted by atomic mass is 9.98. The second-order valence-electron chi connectivity index (χ2n) is 8.21. The molecule has 0 aromatic rings. The van der Waals surface area contributed by atoms with Gasteiger partial charge in [-0.05, 0) is 64.5 Å². The van der Waals surface area contributed by atoms with E-state index in [0.717, 1.165) is 64.0 Å². The summed E-state index contributed by atoms with van der Waals surface area (Å²) in [5.74, 6) is 1.80. The predicted octanol–water partition coefficient (Wildman–Crippen LogP) is 1.95. The molecule has 3 aliphatic heterocycles. The summed E-state index contributed by atoms with van der Waals surface area (Å²) in [7, 11) is 4.13. The Bertz CT molecular complexity index is 432. The molecule has 6 nitrogen and oxygen atoms in total. The molecule has 0 radical (unpaired) electrons. The number of rotatable bonds is 5. The molecule has 3 fully saturated rings. The molecule has 3 aliphatic rings. The molecule has 2 atom stereocenters. The first-order chi connectivity index (χ1) is 12.7. The maximum Gasteiger partial charge on any atom is 0.193 e. The van der Waals surface area contributed by atoms with Crippen LogP contribution in [0.15, 0.2) is 4.99 Å². The van der Waals surface area contributed by atoms with E-state index in [1.54, 1.807) is 0 Å². The van der Waals surface area contributed by atoms with Crippen molar-refractivity contribution in [2.24, 2.45) is 10.9 Å². The van der Waals surface area contributed by atoms with Gasteiger partial charge in [0.05, 0.1) is 18.8 Å². The van der Waals surface area contributed by atoms with E-state index in [1.807, 2.05) is 7.05 Å². The number of nitrogens with zero attached hydrogens (tertiary/aromatic N) is 3. The Balaban J connectivity index is 1.34. The molecule has 0 spiro atoms. The molecule has 1 N–H and O–H groups in total. The van der Waals surface area contributed by atoms with E-state index in [2.05, 4.69) is 27.2 Å². The number of ether oxygens (including phenoxy) is 2. The Morgan fingerprint density at radius 2 is 1.96 bits per heavy atom. The summed E-state index contributed by atoms with van der Waals surface area (Å²) in [6.45, 7) is 7.21. The smallest absolute Gasteiger partial charge is 0.193 e. The SMILES string of the molecule is CN=C(NCC1CCCN(C)C1)N1CCC(OCC2CCCCO2)CC1. The van der Waals surface area contributed by atoms with Gasteiger partial charge < -0.3 is 24.6 Å². The van der Waals surface area contributed by atoms with Crippen molar-refractivity contribution in [1.82, 2.24) is 15.1 Å². The van der Waals surface area contributed by atoms with E-state index in [4.69, 9.17) is 9.47 Å². The van der Waals surface area contributed by atoms with Gasteiger partial charge in [-0.25, -0.2) is 0 Å². The summed E-state index contributed by atoms with van der Waals surface area (Å²) in [5.41, 5.74) is 0. The van der Waals surface area contributed by atoms with Crippen LogP contribution in [0.3, 0.4) is 0 Å².